The largest absolute Gasteiger partial charge is 0.347 e. The topological polar surface area (TPSA) is 71.4 Å². The summed E-state index contributed by atoms with van der Waals surface area (Å²) >= 11 is 0. The first-order valence-corrected chi connectivity index (χ1v) is 9.05. The molecule has 2 aromatic carbocycles. The summed E-state index contributed by atoms with van der Waals surface area (Å²) in [5.74, 6) is -1.32. The van der Waals surface area contributed by atoms with Crippen molar-refractivity contribution >= 4 is 40.5 Å². The third-order valence-corrected chi connectivity index (χ3v) is 4.85. The van der Waals surface area contributed by atoms with Crippen molar-refractivity contribution < 1.29 is 14.4 Å². The van der Waals surface area contributed by atoms with Gasteiger partial charge in [0.15, 0.2) is 0 Å². The van der Waals surface area contributed by atoms with Gasteiger partial charge in [-0.1, -0.05) is 35.9 Å². The van der Waals surface area contributed by atoms with Gasteiger partial charge in [-0.3, -0.25) is 14.9 Å². The fourth-order valence-corrected chi connectivity index (χ4v) is 3.39. The summed E-state index contributed by atoms with van der Waals surface area (Å²) in [5.41, 5.74) is 3.13. The minimum absolute atomic E-state index is 0.0702. The summed E-state index contributed by atoms with van der Waals surface area (Å²) in [6.45, 7) is 4.71. The first-order chi connectivity index (χ1) is 13.5. The van der Waals surface area contributed by atoms with E-state index in [0.29, 0.717) is 5.69 Å². The van der Waals surface area contributed by atoms with Crippen molar-refractivity contribution in [1.29, 1.82) is 0 Å². The lowest BCUT2D eigenvalue weighted by molar-refractivity contribution is -0.122. The molecule has 0 radical (unpaired) electrons. The van der Waals surface area contributed by atoms with Crippen LogP contribution in [0.2, 0.25) is 0 Å². The van der Waals surface area contributed by atoms with Crippen LogP contribution in [0, 0.1) is 6.92 Å². The predicted octanol–water partition coefficient (Wildman–Crippen LogP) is 3.64. The molecule has 4 amide bonds. The highest BCUT2D eigenvalue weighted by molar-refractivity contribution is 6.39. The quantitative estimate of drug-likeness (QED) is 0.563. The number of hydrogen-bond donors (Lipinski definition) is 1. The van der Waals surface area contributed by atoms with Gasteiger partial charge in [-0.05, 0) is 38.1 Å². The van der Waals surface area contributed by atoms with Gasteiger partial charge < -0.3 is 4.57 Å². The molecule has 1 saturated heterocycles. The average molecular weight is 373 g/mol. The smallest absolute Gasteiger partial charge is 0.335 e. The second-order valence-electron chi connectivity index (χ2n) is 6.68. The number of para-hydroxylation sites is 1. The van der Waals surface area contributed by atoms with Crippen molar-refractivity contribution in [2.45, 2.75) is 20.4 Å². The van der Waals surface area contributed by atoms with Crippen LogP contribution in [-0.2, 0) is 16.1 Å². The Hall–Kier alpha value is -3.67. The molecule has 1 N–H and O–H groups in total. The van der Waals surface area contributed by atoms with Crippen LogP contribution in [0.1, 0.15) is 18.1 Å². The monoisotopic (exact) mass is 373 g/mol. The summed E-state index contributed by atoms with van der Waals surface area (Å²) in [7, 11) is 0. The lowest BCUT2D eigenvalue weighted by atomic mass is 10.1. The second kappa shape index (κ2) is 6.81. The first-order valence-electron chi connectivity index (χ1n) is 9.05. The molecule has 6 nitrogen and oxygen atoms in total. The summed E-state index contributed by atoms with van der Waals surface area (Å²) in [4.78, 5) is 38.7. The number of anilines is 1. The minimum atomic E-state index is -0.744. The van der Waals surface area contributed by atoms with Crippen LogP contribution in [0.25, 0.3) is 17.0 Å². The Morgan fingerprint density at radius 1 is 1.00 bits per heavy atom. The van der Waals surface area contributed by atoms with E-state index in [1.807, 2.05) is 56.4 Å². The molecule has 4 rings (SSSR count). The number of barbiturate groups is 1. The number of aromatic nitrogens is 1. The van der Waals surface area contributed by atoms with E-state index >= 15 is 0 Å². The lowest BCUT2D eigenvalue weighted by Gasteiger charge is -2.26. The lowest BCUT2D eigenvalue weighted by Crippen LogP contribution is -2.54. The molecule has 6 heteroatoms. The summed E-state index contributed by atoms with van der Waals surface area (Å²) in [6.07, 6.45) is 3.46. The summed E-state index contributed by atoms with van der Waals surface area (Å²) < 4.78 is 2.05. The van der Waals surface area contributed by atoms with E-state index in [4.69, 9.17) is 0 Å². The second-order valence-corrected chi connectivity index (χ2v) is 6.68. The SMILES string of the molecule is CCn1cc(C=C2C(=O)NC(=O)N(c3ccc(C)cc3)C2=O)c2ccccc21. The molecule has 1 fully saturated rings. The standard InChI is InChI=1S/C22H19N3O3/c1-3-24-13-15(17-6-4-5-7-19(17)24)12-18-20(26)23-22(28)25(21(18)27)16-10-8-14(2)9-11-16/h4-13H,3H2,1-2H3,(H,23,26,28). The number of rotatable bonds is 3. The van der Waals surface area contributed by atoms with Crippen LogP contribution in [-0.4, -0.2) is 22.4 Å². The molecule has 1 aliphatic heterocycles. The van der Waals surface area contributed by atoms with Crippen molar-refractivity contribution in [3.8, 4) is 0 Å². The molecule has 0 saturated carbocycles. The van der Waals surface area contributed by atoms with Gasteiger partial charge in [0.05, 0.1) is 5.69 Å². The summed E-state index contributed by atoms with van der Waals surface area (Å²) in [5, 5.41) is 3.21. The number of amides is 4. The third-order valence-electron chi connectivity index (χ3n) is 4.85. The molecule has 0 atom stereocenters. The number of nitrogens with zero attached hydrogens (tertiary/aromatic N) is 2. The van der Waals surface area contributed by atoms with Gasteiger partial charge in [0.2, 0.25) is 0 Å². The predicted molar refractivity (Wildman–Crippen MR) is 108 cm³/mol. The Morgan fingerprint density at radius 3 is 2.43 bits per heavy atom. The van der Waals surface area contributed by atoms with E-state index < -0.39 is 17.8 Å². The van der Waals surface area contributed by atoms with E-state index in [9.17, 15) is 14.4 Å². The van der Waals surface area contributed by atoms with Crippen molar-refractivity contribution in [1.82, 2.24) is 9.88 Å². The highest BCUT2D eigenvalue weighted by Crippen LogP contribution is 2.26. The van der Waals surface area contributed by atoms with E-state index in [1.54, 1.807) is 18.2 Å². The van der Waals surface area contributed by atoms with Crippen molar-refractivity contribution in [2.24, 2.45) is 0 Å². The van der Waals surface area contributed by atoms with Crippen LogP contribution in [0.5, 0.6) is 0 Å². The molecule has 1 aliphatic rings. The molecule has 2 heterocycles. The number of urea groups is 1. The van der Waals surface area contributed by atoms with Gasteiger partial charge in [-0.15, -0.1) is 0 Å². The Labute approximate surface area is 162 Å². The van der Waals surface area contributed by atoms with Gasteiger partial charge in [-0.2, -0.15) is 0 Å². The van der Waals surface area contributed by atoms with E-state index in [2.05, 4.69) is 9.88 Å². The Kier molecular flexibility index (Phi) is 4.31. The Bertz CT molecular complexity index is 1140. The fourth-order valence-electron chi connectivity index (χ4n) is 3.39. The van der Waals surface area contributed by atoms with Gasteiger partial charge in [0.1, 0.15) is 5.57 Å². The zero-order valence-corrected chi connectivity index (χ0v) is 15.6. The molecule has 0 spiro atoms. The zero-order chi connectivity index (χ0) is 19.8. The van der Waals surface area contributed by atoms with Crippen LogP contribution in [0.3, 0.4) is 0 Å². The number of nitrogens with one attached hydrogen (secondary N) is 1. The van der Waals surface area contributed by atoms with Gasteiger partial charge in [-0.25, -0.2) is 9.69 Å². The number of carbonyl (C=O) groups is 3. The molecule has 0 unspecified atom stereocenters. The van der Waals surface area contributed by atoms with Crippen LogP contribution >= 0.6 is 0 Å². The number of aryl methyl sites for hydroxylation is 2. The average Bonchev–Trinajstić information content (AvgIpc) is 3.04. The van der Waals surface area contributed by atoms with Crippen LogP contribution in [0.4, 0.5) is 10.5 Å². The first kappa shape index (κ1) is 17.7. The minimum Gasteiger partial charge on any atom is -0.347 e. The molecule has 28 heavy (non-hydrogen) atoms. The van der Waals surface area contributed by atoms with E-state index in [-0.39, 0.29) is 5.57 Å². The highest BCUT2D eigenvalue weighted by atomic mass is 16.2. The van der Waals surface area contributed by atoms with Gasteiger partial charge in [0.25, 0.3) is 11.8 Å². The van der Waals surface area contributed by atoms with Gasteiger partial charge in [0, 0.05) is 29.2 Å². The van der Waals surface area contributed by atoms with E-state index in [0.717, 1.165) is 33.5 Å². The maximum Gasteiger partial charge on any atom is 0.335 e. The number of fused-ring (bicyclic) bond motifs is 1. The molecular formula is C22H19N3O3. The molecular weight excluding hydrogens is 354 g/mol. The normalized spacial score (nSPS) is 16.1. The number of carbonyl (C=O) groups excluding carboxylic acids is 3. The maximum absolute atomic E-state index is 13.0. The Morgan fingerprint density at radius 2 is 1.71 bits per heavy atom. The van der Waals surface area contributed by atoms with Crippen LogP contribution in [0.15, 0.2) is 60.3 Å². The molecule has 0 aliphatic carbocycles. The summed E-state index contributed by atoms with van der Waals surface area (Å²) in [6, 6.07) is 14.0. The highest BCUT2D eigenvalue weighted by Gasteiger charge is 2.36. The molecule has 1 aromatic heterocycles. The Balaban J connectivity index is 1.80. The van der Waals surface area contributed by atoms with Crippen molar-refractivity contribution in [2.75, 3.05) is 4.90 Å². The number of hydrogen-bond acceptors (Lipinski definition) is 3. The van der Waals surface area contributed by atoms with Crippen molar-refractivity contribution in [3.05, 3.63) is 71.4 Å². The van der Waals surface area contributed by atoms with Crippen LogP contribution < -0.4 is 10.2 Å². The maximum atomic E-state index is 13.0. The van der Waals surface area contributed by atoms with Crippen molar-refractivity contribution in [3.63, 3.8) is 0 Å². The zero-order valence-electron chi connectivity index (χ0n) is 15.6. The number of benzene rings is 2. The third kappa shape index (κ3) is 2.89. The van der Waals surface area contributed by atoms with Gasteiger partial charge >= 0.3 is 6.03 Å². The van der Waals surface area contributed by atoms with E-state index in [1.165, 1.54) is 0 Å². The number of imide groups is 2. The molecule has 0 bridgehead atoms. The molecule has 3 aromatic rings. The fraction of sp³-hybridized carbons (Fsp3) is 0.136. The molecule has 140 valence electrons.